The highest BCUT2D eigenvalue weighted by molar-refractivity contribution is 5.86. The van der Waals surface area contributed by atoms with Crippen molar-refractivity contribution in [1.82, 2.24) is 5.32 Å². The first-order valence-electron chi connectivity index (χ1n) is 5.70. The molecule has 0 aromatic heterocycles. The molecule has 1 aromatic carbocycles. The molecule has 0 spiro atoms. The van der Waals surface area contributed by atoms with E-state index in [1.807, 2.05) is 36.1 Å². The van der Waals surface area contributed by atoms with Gasteiger partial charge in [0.25, 0.3) is 0 Å². The summed E-state index contributed by atoms with van der Waals surface area (Å²) >= 11 is 0. The summed E-state index contributed by atoms with van der Waals surface area (Å²) in [5, 5.41) is 11.6. The Morgan fingerprint density at radius 1 is 1.59 bits per heavy atom. The molecule has 0 bridgehead atoms. The highest BCUT2D eigenvalue weighted by atomic mass is 16.2. The minimum absolute atomic E-state index is 0.0562. The van der Waals surface area contributed by atoms with E-state index in [1.54, 1.807) is 0 Å². The van der Waals surface area contributed by atoms with E-state index in [0.717, 1.165) is 17.8 Å². The Morgan fingerprint density at radius 2 is 2.41 bits per heavy atom. The Kier molecular flexibility index (Phi) is 3.29. The first-order chi connectivity index (χ1) is 8.22. The van der Waals surface area contributed by atoms with Crippen LogP contribution >= 0.6 is 0 Å². The highest BCUT2D eigenvalue weighted by Crippen LogP contribution is 2.21. The number of piperazine rings is 1. The summed E-state index contributed by atoms with van der Waals surface area (Å²) in [6.07, 6.45) is 0.222. The van der Waals surface area contributed by atoms with Crippen molar-refractivity contribution in [3.63, 3.8) is 0 Å². The molecular weight excluding hydrogens is 214 g/mol. The number of carbonyl (C=O) groups excluding carboxylic acids is 1. The lowest BCUT2D eigenvalue weighted by molar-refractivity contribution is -0.123. The number of aryl methyl sites for hydroxylation is 1. The Balaban J connectivity index is 2.28. The lowest BCUT2D eigenvalue weighted by atomic mass is 10.1. The van der Waals surface area contributed by atoms with Crippen LogP contribution in [0.4, 0.5) is 5.69 Å². The van der Waals surface area contributed by atoms with Gasteiger partial charge in [-0.25, -0.2) is 0 Å². The number of hydrogen-bond donors (Lipinski definition) is 1. The molecule has 4 nitrogen and oxygen atoms in total. The van der Waals surface area contributed by atoms with Crippen molar-refractivity contribution >= 4 is 11.6 Å². The van der Waals surface area contributed by atoms with E-state index in [9.17, 15) is 4.79 Å². The van der Waals surface area contributed by atoms with Crippen LogP contribution in [0.1, 0.15) is 12.0 Å². The molecule has 2 rings (SSSR count). The van der Waals surface area contributed by atoms with Gasteiger partial charge in [0.05, 0.1) is 12.5 Å². The molecule has 17 heavy (non-hydrogen) atoms. The van der Waals surface area contributed by atoms with E-state index in [0.29, 0.717) is 6.54 Å². The maximum Gasteiger partial charge on any atom is 0.243 e. The highest BCUT2D eigenvalue weighted by Gasteiger charge is 2.29. The van der Waals surface area contributed by atoms with Crippen molar-refractivity contribution in [1.29, 1.82) is 5.26 Å². The smallest absolute Gasteiger partial charge is 0.243 e. The summed E-state index contributed by atoms with van der Waals surface area (Å²) in [5.41, 5.74) is 2.17. The first-order valence-corrected chi connectivity index (χ1v) is 5.70. The number of nitrogens with zero attached hydrogens (tertiary/aromatic N) is 2. The number of amides is 1. The van der Waals surface area contributed by atoms with Crippen molar-refractivity contribution in [3.05, 3.63) is 29.8 Å². The Labute approximate surface area is 101 Å². The molecule has 1 saturated heterocycles. The molecule has 1 aliphatic rings. The standard InChI is InChI=1S/C13H15N3O/c1-10-3-2-4-11(9-10)16-8-7-15-13(17)12(16)5-6-14/h2-4,9,12H,5,7-8H2,1H3,(H,15,17). The number of anilines is 1. The van der Waals surface area contributed by atoms with Crippen LogP contribution in [0.2, 0.25) is 0 Å². The van der Waals surface area contributed by atoms with Crippen molar-refractivity contribution < 1.29 is 4.79 Å². The number of carbonyl (C=O) groups is 1. The predicted molar refractivity (Wildman–Crippen MR) is 65.6 cm³/mol. The molecule has 1 unspecified atom stereocenters. The van der Waals surface area contributed by atoms with Crippen LogP contribution in [-0.4, -0.2) is 25.0 Å². The van der Waals surface area contributed by atoms with E-state index < -0.39 is 0 Å². The molecule has 1 amide bonds. The Hall–Kier alpha value is -2.02. The third kappa shape index (κ3) is 2.39. The van der Waals surface area contributed by atoms with Gasteiger partial charge in [0.1, 0.15) is 6.04 Å². The van der Waals surface area contributed by atoms with Crippen molar-refractivity contribution in [2.24, 2.45) is 0 Å². The zero-order valence-corrected chi connectivity index (χ0v) is 9.81. The number of benzene rings is 1. The fourth-order valence-corrected chi connectivity index (χ4v) is 2.12. The topological polar surface area (TPSA) is 56.1 Å². The van der Waals surface area contributed by atoms with E-state index in [1.165, 1.54) is 0 Å². The fourth-order valence-electron chi connectivity index (χ4n) is 2.12. The van der Waals surface area contributed by atoms with Gasteiger partial charge in [-0.15, -0.1) is 0 Å². The van der Waals surface area contributed by atoms with Gasteiger partial charge in [-0.1, -0.05) is 12.1 Å². The van der Waals surface area contributed by atoms with Crippen LogP contribution in [0, 0.1) is 18.3 Å². The number of rotatable bonds is 2. The molecule has 1 aromatic rings. The average molecular weight is 229 g/mol. The largest absolute Gasteiger partial charge is 0.357 e. The average Bonchev–Trinajstić information content (AvgIpc) is 2.32. The van der Waals surface area contributed by atoms with Crippen LogP contribution in [-0.2, 0) is 4.79 Å². The van der Waals surface area contributed by atoms with E-state index in [2.05, 4.69) is 11.4 Å². The molecule has 1 heterocycles. The van der Waals surface area contributed by atoms with E-state index in [4.69, 9.17) is 5.26 Å². The molecule has 1 fully saturated rings. The first kappa shape index (κ1) is 11.5. The van der Waals surface area contributed by atoms with Crippen LogP contribution in [0.25, 0.3) is 0 Å². The van der Waals surface area contributed by atoms with Gasteiger partial charge in [-0.3, -0.25) is 4.79 Å². The summed E-state index contributed by atoms with van der Waals surface area (Å²) < 4.78 is 0. The van der Waals surface area contributed by atoms with Gasteiger partial charge in [-0.05, 0) is 24.6 Å². The minimum atomic E-state index is -0.365. The quantitative estimate of drug-likeness (QED) is 0.829. The monoisotopic (exact) mass is 229 g/mol. The molecule has 1 N–H and O–H groups in total. The zero-order valence-electron chi connectivity index (χ0n) is 9.81. The van der Waals surface area contributed by atoms with E-state index >= 15 is 0 Å². The summed E-state index contributed by atoms with van der Waals surface area (Å²) in [4.78, 5) is 13.8. The number of hydrogen-bond acceptors (Lipinski definition) is 3. The molecule has 1 atom stereocenters. The van der Waals surface area contributed by atoms with E-state index in [-0.39, 0.29) is 18.4 Å². The SMILES string of the molecule is Cc1cccc(N2CCNC(=O)C2CC#N)c1. The van der Waals surface area contributed by atoms with Crippen molar-refractivity contribution in [2.75, 3.05) is 18.0 Å². The van der Waals surface area contributed by atoms with Gasteiger partial charge in [0, 0.05) is 18.8 Å². The third-order valence-corrected chi connectivity index (χ3v) is 2.95. The molecule has 0 aliphatic carbocycles. The molecule has 88 valence electrons. The zero-order chi connectivity index (χ0) is 12.3. The Morgan fingerprint density at radius 3 is 3.12 bits per heavy atom. The van der Waals surface area contributed by atoms with Crippen LogP contribution in [0.5, 0.6) is 0 Å². The van der Waals surface area contributed by atoms with Crippen LogP contribution < -0.4 is 10.2 Å². The number of nitrogens with one attached hydrogen (secondary N) is 1. The minimum Gasteiger partial charge on any atom is -0.357 e. The van der Waals surface area contributed by atoms with Crippen molar-refractivity contribution in [2.45, 2.75) is 19.4 Å². The summed E-state index contributed by atoms with van der Waals surface area (Å²) in [7, 11) is 0. The lowest BCUT2D eigenvalue weighted by Gasteiger charge is -2.35. The summed E-state index contributed by atoms with van der Waals surface area (Å²) in [6, 6.07) is 9.73. The predicted octanol–water partition coefficient (Wildman–Crippen LogP) is 1.21. The van der Waals surface area contributed by atoms with Crippen LogP contribution in [0.3, 0.4) is 0 Å². The summed E-state index contributed by atoms with van der Waals surface area (Å²) in [6.45, 7) is 3.41. The second kappa shape index (κ2) is 4.88. The maximum absolute atomic E-state index is 11.7. The molecule has 4 heteroatoms. The van der Waals surface area contributed by atoms with Crippen molar-refractivity contribution in [3.8, 4) is 6.07 Å². The second-order valence-corrected chi connectivity index (χ2v) is 4.20. The van der Waals surface area contributed by atoms with Gasteiger partial charge < -0.3 is 10.2 Å². The molecule has 1 aliphatic heterocycles. The molecule has 0 radical (unpaired) electrons. The second-order valence-electron chi connectivity index (χ2n) is 4.20. The third-order valence-electron chi connectivity index (χ3n) is 2.95. The fraction of sp³-hybridized carbons (Fsp3) is 0.385. The van der Waals surface area contributed by atoms with Gasteiger partial charge in [0.2, 0.25) is 5.91 Å². The lowest BCUT2D eigenvalue weighted by Crippen LogP contribution is -2.55. The number of nitriles is 1. The maximum atomic E-state index is 11.7. The summed E-state index contributed by atoms with van der Waals surface area (Å²) in [5.74, 6) is -0.0562. The van der Waals surface area contributed by atoms with Gasteiger partial charge in [-0.2, -0.15) is 5.26 Å². The van der Waals surface area contributed by atoms with Crippen LogP contribution in [0.15, 0.2) is 24.3 Å². The Bertz CT molecular complexity index is 464. The molecular formula is C13H15N3O. The normalized spacial score (nSPS) is 19.6. The molecule has 0 saturated carbocycles. The van der Waals surface area contributed by atoms with Gasteiger partial charge >= 0.3 is 0 Å². The van der Waals surface area contributed by atoms with Gasteiger partial charge in [0.15, 0.2) is 0 Å².